The van der Waals surface area contributed by atoms with E-state index in [1.165, 1.54) is 6.92 Å². The molecule has 16 heavy (non-hydrogen) atoms. The lowest BCUT2D eigenvalue weighted by Gasteiger charge is -2.23. The third kappa shape index (κ3) is 1.97. The molecule has 4 heteroatoms. The van der Waals surface area contributed by atoms with Gasteiger partial charge in [-0.25, -0.2) is 0 Å². The number of carbonyl (C=O) groups excluding carboxylic acids is 1. The van der Waals surface area contributed by atoms with Gasteiger partial charge in [0, 0.05) is 5.54 Å². The molecule has 82 valence electrons. The van der Waals surface area contributed by atoms with E-state index in [2.05, 4.69) is 0 Å². The molecule has 0 aliphatic carbocycles. The van der Waals surface area contributed by atoms with E-state index in [-0.39, 0.29) is 10.8 Å². The van der Waals surface area contributed by atoms with Gasteiger partial charge in [-0.05, 0) is 12.5 Å². The lowest BCUT2D eigenvalue weighted by Crippen LogP contribution is -2.33. The van der Waals surface area contributed by atoms with Gasteiger partial charge in [0.1, 0.15) is 0 Å². The number of halogens is 2. The molecule has 0 aliphatic heterocycles. The summed E-state index contributed by atoms with van der Waals surface area (Å²) in [5.74, 6) is -0.358. The highest BCUT2D eigenvalue weighted by molar-refractivity contribution is 6.39. The van der Waals surface area contributed by atoms with Crippen molar-refractivity contribution in [3.63, 3.8) is 0 Å². The van der Waals surface area contributed by atoms with E-state index >= 15 is 0 Å². The molecule has 0 saturated carbocycles. The lowest BCUT2D eigenvalue weighted by molar-refractivity contribution is -0.119. The molecule has 0 saturated heterocycles. The SMILES string of the molecule is CC(=O)C(C#N)(/C(Cl)=C\Cl)c1ccccc1. The normalized spacial score (nSPS) is 15.0. The second kappa shape index (κ2) is 5.16. The first kappa shape index (κ1) is 12.8. The molecule has 0 aromatic heterocycles. The van der Waals surface area contributed by atoms with Gasteiger partial charge in [0.25, 0.3) is 0 Å². The van der Waals surface area contributed by atoms with Gasteiger partial charge >= 0.3 is 0 Å². The number of nitriles is 1. The van der Waals surface area contributed by atoms with Crippen molar-refractivity contribution >= 4 is 29.0 Å². The zero-order chi connectivity index (χ0) is 12.2. The molecule has 0 aliphatic rings. The number of Topliss-reactive ketones (excluding diaryl/α,β-unsaturated/α-hetero) is 1. The molecule has 0 bridgehead atoms. The van der Waals surface area contributed by atoms with Crippen LogP contribution in [0, 0.1) is 11.3 Å². The molecule has 0 radical (unpaired) electrons. The quantitative estimate of drug-likeness (QED) is 0.829. The fourth-order valence-corrected chi connectivity index (χ4v) is 1.92. The minimum absolute atomic E-state index is 0.00960. The number of hydrogen-bond acceptors (Lipinski definition) is 2. The summed E-state index contributed by atoms with van der Waals surface area (Å²) >= 11 is 11.4. The number of benzene rings is 1. The number of nitrogens with zero attached hydrogens (tertiary/aromatic N) is 1. The molecule has 1 aromatic carbocycles. The summed E-state index contributed by atoms with van der Waals surface area (Å²) in [6.45, 7) is 1.32. The number of rotatable bonds is 3. The molecule has 2 nitrogen and oxygen atoms in total. The fourth-order valence-electron chi connectivity index (χ4n) is 1.48. The maximum atomic E-state index is 11.7. The van der Waals surface area contributed by atoms with Gasteiger partial charge in [0.2, 0.25) is 0 Å². The molecule has 1 rings (SSSR count). The van der Waals surface area contributed by atoms with E-state index in [1.807, 2.05) is 6.07 Å². The third-order valence-corrected chi connectivity index (χ3v) is 3.08. The van der Waals surface area contributed by atoms with Crippen molar-refractivity contribution in [1.82, 2.24) is 0 Å². The van der Waals surface area contributed by atoms with Crippen molar-refractivity contribution in [2.75, 3.05) is 0 Å². The van der Waals surface area contributed by atoms with Crippen molar-refractivity contribution in [2.24, 2.45) is 0 Å². The maximum absolute atomic E-state index is 11.7. The highest BCUT2D eigenvalue weighted by atomic mass is 35.5. The molecule has 1 aromatic rings. The largest absolute Gasteiger partial charge is 0.297 e. The molecule has 0 fully saturated rings. The van der Waals surface area contributed by atoms with E-state index in [9.17, 15) is 10.1 Å². The highest BCUT2D eigenvalue weighted by Crippen LogP contribution is 2.35. The summed E-state index contributed by atoms with van der Waals surface area (Å²) in [7, 11) is 0. The molecule has 0 heterocycles. The minimum atomic E-state index is -1.50. The summed E-state index contributed by atoms with van der Waals surface area (Å²) < 4.78 is 0. The van der Waals surface area contributed by atoms with Gasteiger partial charge in [-0.1, -0.05) is 53.5 Å². The van der Waals surface area contributed by atoms with E-state index < -0.39 is 5.41 Å². The Bertz CT molecular complexity index is 462. The van der Waals surface area contributed by atoms with Crippen molar-refractivity contribution in [3.05, 3.63) is 46.5 Å². The molecule has 0 N–H and O–H groups in total. The number of ketones is 1. The van der Waals surface area contributed by atoms with Crippen LogP contribution >= 0.6 is 23.2 Å². The Kier molecular flexibility index (Phi) is 4.12. The molecule has 1 atom stereocenters. The standard InChI is InChI=1S/C12H9Cl2NO/c1-9(16)12(8-15,11(14)7-13)10-5-3-2-4-6-10/h2-7H,1H3/b11-7+. The van der Waals surface area contributed by atoms with Crippen molar-refractivity contribution < 1.29 is 4.79 Å². The molecular weight excluding hydrogens is 245 g/mol. The summed E-state index contributed by atoms with van der Waals surface area (Å²) in [5, 5.41) is 9.26. The summed E-state index contributed by atoms with van der Waals surface area (Å²) in [5.41, 5.74) is 0.0795. The molecule has 0 spiro atoms. The van der Waals surface area contributed by atoms with E-state index in [0.717, 1.165) is 5.54 Å². The van der Waals surface area contributed by atoms with E-state index in [0.29, 0.717) is 5.56 Å². The Labute approximate surface area is 104 Å². The number of hydrogen-bond donors (Lipinski definition) is 0. The first-order valence-corrected chi connectivity index (χ1v) is 5.35. The fraction of sp³-hybridized carbons (Fsp3) is 0.167. The highest BCUT2D eigenvalue weighted by Gasteiger charge is 2.41. The van der Waals surface area contributed by atoms with Crippen LogP contribution in [0.5, 0.6) is 0 Å². The first-order valence-electron chi connectivity index (χ1n) is 4.53. The molecule has 1 unspecified atom stereocenters. The van der Waals surface area contributed by atoms with Crippen LogP contribution in [-0.2, 0) is 10.2 Å². The van der Waals surface area contributed by atoms with E-state index in [4.69, 9.17) is 23.2 Å². The predicted octanol–water partition coefficient (Wildman–Crippen LogP) is 3.36. The zero-order valence-electron chi connectivity index (χ0n) is 8.58. The second-order valence-corrected chi connectivity index (χ2v) is 3.87. The Morgan fingerprint density at radius 1 is 1.44 bits per heavy atom. The monoisotopic (exact) mass is 253 g/mol. The van der Waals surface area contributed by atoms with Crippen LogP contribution in [0.3, 0.4) is 0 Å². The van der Waals surface area contributed by atoms with Crippen LogP contribution in [0.15, 0.2) is 40.9 Å². The Morgan fingerprint density at radius 2 is 2.00 bits per heavy atom. The molecular formula is C12H9Cl2NO. The molecule has 0 amide bonds. The zero-order valence-corrected chi connectivity index (χ0v) is 10.1. The van der Waals surface area contributed by atoms with Crippen molar-refractivity contribution in [3.8, 4) is 6.07 Å². The average molecular weight is 254 g/mol. The van der Waals surface area contributed by atoms with E-state index in [1.54, 1.807) is 30.3 Å². The Hall–Kier alpha value is -1.30. The van der Waals surface area contributed by atoms with Gasteiger partial charge in [0.15, 0.2) is 11.2 Å². The Morgan fingerprint density at radius 3 is 2.38 bits per heavy atom. The minimum Gasteiger partial charge on any atom is -0.297 e. The lowest BCUT2D eigenvalue weighted by atomic mass is 9.78. The van der Waals surface area contributed by atoms with Gasteiger partial charge in [-0.2, -0.15) is 5.26 Å². The van der Waals surface area contributed by atoms with Crippen molar-refractivity contribution in [2.45, 2.75) is 12.3 Å². The Balaban J connectivity index is 3.49. The first-order chi connectivity index (χ1) is 7.59. The maximum Gasteiger partial charge on any atom is 0.176 e. The number of carbonyl (C=O) groups is 1. The summed E-state index contributed by atoms with van der Waals surface area (Å²) in [6, 6.07) is 10.6. The van der Waals surface area contributed by atoms with Gasteiger partial charge in [-0.15, -0.1) is 0 Å². The predicted molar refractivity (Wildman–Crippen MR) is 64.2 cm³/mol. The average Bonchev–Trinajstić information content (AvgIpc) is 2.31. The van der Waals surface area contributed by atoms with Crippen LogP contribution in [0.2, 0.25) is 0 Å². The van der Waals surface area contributed by atoms with Gasteiger partial charge in [0.05, 0.1) is 11.1 Å². The number of allylic oxidation sites excluding steroid dienone is 1. The smallest absolute Gasteiger partial charge is 0.176 e. The van der Waals surface area contributed by atoms with Crippen LogP contribution in [0.1, 0.15) is 12.5 Å². The second-order valence-electron chi connectivity index (χ2n) is 3.24. The van der Waals surface area contributed by atoms with Crippen LogP contribution in [-0.4, -0.2) is 5.78 Å². The van der Waals surface area contributed by atoms with Gasteiger partial charge in [-0.3, -0.25) is 4.79 Å². The topological polar surface area (TPSA) is 40.9 Å². The van der Waals surface area contributed by atoms with Gasteiger partial charge < -0.3 is 0 Å². The van der Waals surface area contributed by atoms with Crippen LogP contribution < -0.4 is 0 Å². The summed E-state index contributed by atoms with van der Waals surface area (Å²) in [4.78, 5) is 11.7. The van der Waals surface area contributed by atoms with Crippen molar-refractivity contribution in [1.29, 1.82) is 5.26 Å². The van der Waals surface area contributed by atoms with Crippen LogP contribution in [0.4, 0.5) is 0 Å². The third-order valence-electron chi connectivity index (χ3n) is 2.36. The summed E-state index contributed by atoms with van der Waals surface area (Å²) in [6.07, 6.45) is 0. The van der Waals surface area contributed by atoms with Crippen LogP contribution in [0.25, 0.3) is 0 Å².